The summed E-state index contributed by atoms with van der Waals surface area (Å²) in [6.07, 6.45) is -0.330. The number of thiazole rings is 1. The van der Waals surface area contributed by atoms with Gasteiger partial charge < -0.3 is 9.30 Å². The third kappa shape index (κ3) is 6.56. The molecule has 0 saturated heterocycles. The number of nitro benzene ring substituents is 1. The molecule has 0 aliphatic carbocycles. The van der Waals surface area contributed by atoms with E-state index in [1.54, 1.807) is 37.3 Å². The standard InChI is InChI=1S/C21H21N3O7S2/c1-2-31-20(26)13-23-17-9-8-16(24(27)28)12-18(17)32-21(23)22-19(25)10-11-33(29,30)14-15-6-4-3-5-7-15/h3-9,12H,2,10-11,13-14H2,1H3. The van der Waals surface area contributed by atoms with Gasteiger partial charge in [-0.15, -0.1) is 0 Å². The first-order chi connectivity index (χ1) is 15.7. The predicted octanol–water partition coefficient (Wildman–Crippen LogP) is 2.61. The fourth-order valence-electron chi connectivity index (χ4n) is 3.06. The molecule has 174 valence electrons. The van der Waals surface area contributed by atoms with Crippen LogP contribution in [0.15, 0.2) is 53.5 Å². The highest BCUT2D eigenvalue weighted by molar-refractivity contribution is 7.90. The molecule has 0 aliphatic rings. The Morgan fingerprint density at radius 1 is 1.18 bits per heavy atom. The first-order valence-corrected chi connectivity index (χ1v) is 12.6. The van der Waals surface area contributed by atoms with Crippen LogP contribution in [0.5, 0.6) is 0 Å². The molecule has 33 heavy (non-hydrogen) atoms. The number of aromatic nitrogens is 1. The summed E-state index contributed by atoms with van der Waals surface area (Å²) in [6, 6.07) is 12.7. The van der Waals surface area contributed by atoms with E-state index in [4.69, 9.17) is 4.74 Å². The maximum Gasteiger partial charge on any atom is 0.326 e. The van der Waals surface area contributed by atoms with Gasteiger partial charge in [-0.25, -0.2) is 8.42 Å². The first kappa shape index (κ1) is 24.3. The van der Waals surface area contributed by atoms with E-state index < -0.39 is 26.6 Å². The van der Waals surface area contributed by atoms with Gasteiger partial charge in [-0.1, -0.05) is 41.7 Å². The minimum absolute atomic E-state index is 0.129. The van der Waals surface area contributed by atoms with Crippen LogP contribution >= 0.6 is 11.3 Å². The zero-order valence-corrected chi connectivity index (χ0v) is 19.3. The average Bonchev–Trinajstić information content (AvgIpc) is 3.09. The van der Waals surface area contributed by atoms with Crippen LogP contribution in [-0.2, 0) is 36.5 Å². The van der Waals surface area contributed by atoms with Gasteiger partial charge in [-0.05, 0) is 18.6 Å². The van der Waals surface area contributed by atoms with Crippen LogP contribution in [0.1, 0.15) is 18.9 Å². The van der Waals surface area contributed by atoms with Crippen molar-refractivity contribution in [3.63, 3.8) is 0 Å². The Bertz CT molecular complexity index is 1360. The molecule has 0 bridgehead atoms. The number of benzene rings is 2. The van der Waals surface area contributed by atoms with Crippen LogP contribution in [0.4, 0.5) is 5.69 Å². The van der Waals surface area contributed by atoms with Gasteiger partial charge in [0.15, 0.2) is 14.6 Å². The Morgan fingerprint density at radius 3 is 2.58 bits per heavy atom. The van der Waals surface area contributed by atoms with Crippen LogP contribution in [0, 0.1) is 10.1 Å². The van der Waals surface area contributed by atoms with Crippen LogP contribution in [-0.4, -0.2) is 42.1 Å². The molecule has 0 unspecified atom stereocenters. The molecule has 1 amide bonds. The topological polar surface area (TPSA) is 138 Å². The van der Waals surface area contributed by atoms with Gasteiger partial charge >= 0.3 is 5.97 Å². The fraction of sp³-hybridized carbons (Fsp3) is 0.286. The lowest BCUT2D eigenvalue weighted by atomic mass is 10.2. The van der Waals surface area contributed by atoms with Crippen molar-refractivity contribution in [2.75, 3.05) is 12.4 Å². The van der Waals surface area contributed by atoms with Crippen molar-refractivity contribution in [3.05, 3.63) is 69.0 Å². The number of carbonyl (C=O) groups is 2. The summed E-state index contributed by atoms with van der Waals surface area (Å²) >= 11 is 0.994. The van der Waals surface area contributed by atoms with Crippen LogP contribution < -0.4 is 4.80 Å². The van der Waals surface area contributed by atoms with E-state index in [-0.39, 0.29) is 41.6 Å². The van der Waals surface area contributed by atoms with E-state index in [1.807, 2.05) is 0 Å². The molecule has 0 fully saturated rings. The molecule has 1 aromatic heterocycles. The third-order valence-electron chi connectivity index (χ3n) is 4.55. The van der Waals surface area contributed by atoms with Crippen LogP contribution in [0.2, 0.25) is 0 Å². The number of hydrogen-bond acceptors (Lipinski definition) is 8. The Morgan fingerprint density at radius 2 is 1.91 bits per heavy atom. The molecule has 3 rings (SSSR count). The van der Waals surface area contributed by atoms with Crippen molar-refractivity contribution in [1.29, 1.82) is 0 Å². The Labute approximate surface area is 193 Å². The lowest BCUT2D eigenvalue weighted by molar-refractivity contribution is -0.384. The third-order valence-corrected chi connectivity index (χ3v) is 7.19. The maximum atomic E-state index is 12.5. The van der Waals surface area contributed by atoms with Crippen molar-refractivity contribution in [3.8, 4) is 0 Å². The number of ether oxygens (including phenoxy) is 1. The van der Waals surface area contributed by atoms with Gasteiger partial charge in [-0.2, -0.15) is 4.99 Å². The maximum absolute atomic E-state index is 12.5. The summed E-state index contributed by atoms with van der Waals surface area (Å²) in [5, 5.41) is 11.1. The molecule has 0 aliphatic heterocycles. The van der Waals surface area contributed by atoms with Crippen molar-refractivity contribution in [2.45, 2.75) is 25.6 Å². The number of hydrogen-bond donors (Lipinski definition) is 0. The highest BCUT2D eigenvalue weighted by atomic mass is 32.2. The van der Waals surface area contributed by atoms with Gasteiger partial charge in [-0.3, -0.25) is 19.7 Å². The zero-order valence-electron chi connectivity index (χ0n) is 17.7. The fourth-order valence-corrected chi connectivity index (χ4v) is 5.47. The second-order valence-corrected chi connectivity index (χ2v) is 10.2. The van der Waals surface area contributed by atoms with E-state index in [0.717, 1.165) is 11.3 Å². The monoisotopic (exact) mass is 491 g/mol. The summed E-state index contributed by atoms with van der Waals surface area (Å²) in [4.78, 5) is 39.2. The van der Waals surface area contributed by atoms with Crippen molar-refractivity contribution >= 4 is 49.0 Å². The summed E-state index contributed by atoms with van der Waals surface area (Å²) in [5.41, 5.74) is 0.957. The number of esters is 1. The van der Waals surface area contributed by atoms with Gasteiger partial charge in [0.25, 0.3) is 5.69 Å². The van der Waals surface area contributed by atoms with Crippen molar-refractivity contribution in [2.24, 2.45) is 4.99 Å². The second kappa shape index (κ2) is 10.5. The molecule has 0 radical (unpaired) electrons. The molecule has 0 saturated carbocycles. The van der Waals surface area contributed by atoms with Crippen molar-refractivity contribution < 1.29 is 27.7 Å². The van der Waals surface area contributed by atoms with Gasteiger partial charge in [0.2, 0.25) is 5.91 Å². The zero-order chi connectivity index (χ0) is 24.0. The minimum atomic E-state index is -3.53. The molecule has 12 heteroatoms. The molecule has 0 atom stereocenters. The quantitative estimate of drug-likeness (QED) is 0.255. The summed E-state index contributed by atoms with van der Waals surface area (Å²) in [5.74, 6) is -1.80. The second-order valence-electron chi connectivity index (χ2n) is 7.02. The summed E-state index contributed by atoms with van der Waals surface area (Å²) < 4.78 is 31.6. The van der Waals surface area contributed by atoms with Gasteiger partial charge in [0.05, 0.1) is 33.3 Å². The Balaban J connectivity index is 1.86. The number of sulfone groups is 1. The molecule has 2 aromatic carbocycles. The smallest absolute Gasteiger partial charge is 0.326 e. The summed E-state index contributed by atoms with van der Waals surface area (Å²) in [6.45, 7) is 1.57. The van der Waals surface area contributed by atoms with Gasteiger partial charge in [0.1, 0.15) is 6.54 Å². The molecule has 10 nitrogen and oxygen atoms in total. The van der Waals surface area contributed by atoms with E-state index in [2.05, 4.69) is 4.99 Å². The SMILES string of the molecule is CCOC(=O)Cn1c(=NC(=O)CCS(=O)(=O)Cc2ccccc2)sc2cc([N+](=O)[O-])ccc21. The average molecular weight is 492 g/mol. The highest BCUT2D eigenvalue weighted by Gasteiger charge is 2.17. The number of rotatable bonds is 9. The normalized spacial score (nSPS) is 12.1. The van der Waals surface area contributed by atoms with E-state index in [9.17, 15) is 28.1 Å². The van der Waals surface area contributed by atoms with Crippen LogP contribution in [0.25, 0.3) is 10.2 Å². The molecular weight excluding hydrogens is 470 g/mol. The molecule has 0 N–H and O–H groups in total. The van der Waals surface area contributed by atoms with E-state index in [1.165, 1.54) is 22.8 Å². The molecular formula is C21H21N3O7S2. The summed E-state index contributed by atoms with van der Waals surface area (Å²) in [7, 11) is -3.53. The number of amides is 1. The van der Waals surface area contributed by atoms with Crippen LogP contribution in [0.3, 0.4) is 0 Å². The molecule has 1 heterocycles. The van der Waals surface area contributed by atoms with E-state index in [0.29, 0.717) is 15.8 Å². The number of non-ortho nitro benzene ring substituents is 1. The number of carbonyl (C=O) groups excluding carboxylic acids is 2. The Kier molecular flexibility index (Phi) is 7.71. The molecule has 3 aromatic rings. The Hall–Kier alpha value is -3.38. The largest absolute Gasteiger partial charge is 0.465 e. The van der Waals surface area contributed by atoms with Gasteiger partial charge in [0, 0.05) is 18.6 Å². The number of nitrogens with zero attached hydrogens (tertiary/aromatic N) is 3. The number of fused-ring (bicyclic) bond motifs is 1. The highest BCUT2D eigenvalue weighted by Crippen LogP contribution is 2.23. The lowest BCUT2D eigenvalue weighted by Gasteiger charge is -2.05. The lowest BCUT2D eigenvalue weighted by Crippen LogP contribution is -2.23. The first-order valence-electron chi connectivity index (χ1n) is 9.94. The van der Waals surface area contributed by atoms with Crippen molar-refractivity contribution in [1.82, 2.24) is 4.57 Å². The van der Waals surface area contributed by atoms with E-state index >= 15 is 0 Å². The minimum Gasteiger partial charge on any atom is -0.465 e. The predicted molar refractivity (Wildman–Crippen MR) is 122 cm³/mol. The molecule has 0 spiro atoms. The number of nitro groups is 1.